The summed E-state index contributed by atoms with van der Waals surface area (Å²) in [6.45, 7) is 3.99. The zero-order chi connectivity index (χ0) is 33.6. The quantitative estimate of drug-likeness (QED) is 0.0429. The number of hydrogen-bond donors (Lipinski definition) is 1. The van der Waals surface area contributed by atoms with Crippen molar-refractivity contribution in [3.8, 4) is 0 Å². The van der Waals surface area contributed by atoms with E-state index in [9.17, 15) is 14.7 Å². The van der Waals surface area contributed by atoms with Crippen molar-refractivity contribution in [3.05, 3.63) is 48.6 Å². The third-order valence-corrected chi connectivity index (χ3v) is 8.14. The van der Waals surface area contributed by atoms with Crippen molar-refractivity contribution in [2.45, 2.75) is 187 Å². The van der Waals surface area contributed by atoms with Crippen molar-refractivity contribution in [1.82, 2.24) is 0 Å². The van der Waals surface area contributed by atoms with Crippen LogP contribution in [0, 0.1) is 0 Å². The van der Waals surface area contributed by atoms with Crippen LogP contribution in [0.3, 0.4) is 0 Å². The van der Waals surface area contributed by atoms with Crippen LogP contribution in [0.1, 0.15) is 181 Å². The van der Waals surface area contributed by atoms with Crippen LogP contribution in [0.4, 0.5) is 0 Å². The summed E-state index contributed by atoms with van der Waals surface area (Å²) in [5.74, 6) is -0.637. The molecule has 0 aliphatic heterocycles. The van der Waals surface area contributed by atoms with Gasteiger partial charge in [0.25, 0.3) is 0 Å². The largest absolute Gasteiger partial charge is 0.462 e. The Morgan fingerprint density at radius 1 is 0.522 bits per heavy atom. The van der Waals surface area contributed by atoms with Gasteiger partial charge in [-0.3, -0.25) is 9.59 Å². The van der Waals surface area contributed by atoms with E-state index in [2.05, 4.69) is 62.5 Å². The van der Waals surface area contributed by atoms with E-state index in [1.807, 2.05) is 0 Å². The van der Waals surface area contributed by atoms with Gasteiger partial charge in [0.05, 0.1) is 6.61 Å². The smallest absolute Gasteiger partial charge is 0.306 e. The van der Waals surface area contributed by atoms with Crippen LogP contribution in [0.25, 0.3) is 0 Å². The van der Waals surface area contributed by atoms with E-state index in [0.29, 0.717) is 12.8 Å². The Morgan fingerprint density at radius 2 is 0.935 bits per heavy atom. The number of aliphatic hydroxyl groups is 1. The first-order chi connectivity index (χ1) is 22.6. The molecule has 0 bridgehead atoms. The van der Waals surface area contributed by atoms with Crippen molar-refractivity contribution in [1.29, 1.82) is 0 Å². The predicted molar refractivity (Wildman–Crippen MR) is 196 cm³/mol. The van der Waals surface area contributed by atoms with Crippen molar-refractivity contribution < 1.29 is 24.2 Å². The normalized spacial score (nSPS) is 12.7. The highest BCUT2D eigenvalue weighted by Gasteiger charge is 2.16. The van der Waals surface area contributed by atoms with Gasteiger partial charge in [0, 0.05) is 12.8 Å². The van der Waals surface area contributed by atoms with E-state index >= 15 is 0 Å². The van der Waals surface area contributed by atoms with Crippen LogP contribution in [0.15, 0.2) is 48.6 Å². The minimum absolute atomic E-state index is 0.0814. The molecule has 0 radical (unpaired) electrons. The molecule has 1 atom stereocenters. The molecule has 0 saturated carbocycles. The van der Waals surface area contributed by atoms with Crippen LogP contribution >= 0.6 is 0 Å². The van der Waals surface area contributed by atoms with E-state index in [4.69, 9.17) is 9.47 Å². The fraction of sp³-hybridized carbons (Fsp3) is 0.756. The zero-order valence-electron chi connectivity index (χ0n) is 30.1. The summed E-state index contributed by atoms with van der Waals surface area (Å²) in [5, 5.41) is 9.53. The maximum atomic E-state index is 12.1. The average Bonchev–Trinajstić information content (AvgIpc) is 3.06. The Morgan fingerprint density at radius 3 is 1.41 bits per heavy atom. The number of hydrogen-bond acceptors (Lipinski definition) is 5. The molecule has 5 heteroatoms. The fourth-order valence-electron chi connectivity index (χ4n) is 5.25. The van der Waals surface area contributed by atoms with Crippen LogP contribution in [-0.4, -0.2) is 36.4 Å². The molecule has 0 heterocycles. The highest BCUT2D eigenvalue weighted by Crippen LogP contribution is 2.14. The van der Waals surface area contributed by atoms with Crippen molar-refractivity contribution in [2.24, 2.45) is 0 Å². The number of rotatable bonds is 34. The molecule has 0 aromatic heterocycles. The first-order valence-corrected chi connectivity index (χ1v) is 19.2. The molecule has 266 valence electrons. The molecule has 0 spiro atoms. The lowest BCUT2D eigenvalue weighted by molar-refractivity contribution is -0.161. The molecule has 1 N–H and O–H groups in total. The number of carbonyl (C=O) groups is 2. The van der Waals surface area contributed by atoms with Crippen LogP contribution in [-0.2, 0) is 19.1 Å². The Labute approximate surface area is 284 Å². The molecule has 0 unspecified atom stereocenters. The monoisotopic (exact) mass is 645 g/mol. The van der Waals surface area contributed by atoms with Gasteiger partial charge >= 0.3 is 11.9 Å². The van der Waals surface area contributed by atoms with Gasteiger partial charge in [-0.2, -0.15) is 0 Å². The number of unbranched alkanes of at least 4 members (excludes halogenated alkanes) is 18. The summed E-state index contributed by atoms with van der Waals surface area (Å²) in [4.78, 5) is 24.2. The topological polar surface area (TPSA) is 72.8 Å². The molecular weight excluding hydrogens is 572 g/mol. The summed E-state index contributed by atoms with van der Waals surface area (Å²) in [7, 11) is 0. The van der Waals surface area contributed by atoms with Crippen molar-refractivity contribution in [2.75, 3.05) is 13.2 Å². The van der Waals surface area contributed by atoms with Gasteiger partial charge in [0.15, 0.2) is 6.10 Å². The van der Waals surface area contributed by atoms with E-state index in [0.717, 1.165) is 64.2 Å². The molecule has 5 nitrogen and oxygen atoms in total. The SMILES string of the molecule is CCC=CCC=CCC=CCC=CCCCCC(=O)O[C@@H](CO)COC(=O)CCCCCCCCCCCCCCCCCCC. The molecule has 0 aliphatic rings. The molecule has 46 heavy (non-hydrogen) atoms. The second-order valence-electron chi connectivity index (χ2n) is 12.6. The standard InChI is InChI=1S/C41H72O5/c1-3-5-7-9-11-13-15-17-19-20-22-23-25-27-29-31-33-35-40(43)45-38-39(37-42)46-41(44)36-34-32-30-28-26-24-21-18-16-14-12-10-8-6-4-2/h6,8,12,14,18,21,26,28,39,42H,3-5,7,9-11,13,15-17,19-20,22-25,27,29-38H2,1-2H3/t39-/m0/s1. The maximum absolute atomic E-state index is 12.1. The highest BCUT2D eigenvalue weighted by molar-refractivity contribution is 5.70. The molecular formula is C41H72O5. The lowest BCUT2D eigenvalue weighted by Crippen LogP contribution is -2.28. The second kappa shape index (κ2) is 37.3. The lowest BCUT2D eigenvalue weighted by atomic mass is 10.0. The molecule has 0 saturated heterocycles. The van der Waals surface area contributed by atoms with E-state index < -0.39 is 6.10 Å². The molecule has 0 aromatic carbocycles. The Kier molecular flexibility index (Phi) is 35.6. The van der Waals surface area contributed by atoms with Gasteiger partial charge in [-0.05, 0) is 51.4 Å². The van der Waals surface area contributed by atoms with Gasteiger partial charge in [0.2, 0.25) is 0 Å². The number of carbonyl (C=O) groups excluding carboxylic acids is 2. The number of esters is 2. The fourth-order valence-corrected chi connectivity index (χ4v) is 5.25. The van der Waals surface area contributed by atoms with Gasteiger partial charge < -0.3 is 14.6 Å². The van der Waals surface area contributed by atoms with E-state index in [1.54, 1.807) is 0 Å². The van der Waals surface area contributed by atoms with Gasteiger partial charge in [-0.1, -0.05) is 165 Å². The minimum atomic E-state index is -0.790. The Balaban J connectivity index is 3.61. The first kappa shape index (κ1) is 43.9. The third-order valence-electron chi connectivity index (χ3n) is 8.14. The van der Waals surface area contributed by atoms with Gasteiger partial charge in [0.1, 0.15) is 6.61 Å². The first-order valence-electron chi connectivity index (χ1n) is 19.2. The average molecular weight is 645 g/mol. The number of allylic oxidation sites excluding steroid dienone is 8. The molecule has 0 rings (SSSR count). The van der Waals surface area contributed by atoms with Crippen LogP contribution in [0.2, 0.25) is 0 Å². The zero-order valence-corrected chi connectivity index (χ0v) is 30.1. The Hall–Kier alpha value is -2.14. The summed E-state index contributed by atoms with van der Waals surface area (Å²) in [5.41, 5.74) is 0. The molecule has 0 aromatic rings. The molecule has 0 fully saturated rings. The Bertz CT molecular complexity index is 782. The van der Waals surface area contributed by atoms with Gasteiger partial charge in [-0.15, -0.1) is 0 Å². The maximum Gasteiger partial charge on any atom is 0.306 e. The second-order valence-corrected chi connectivity index (χ2v) is 12.6. The lowest BCUT2D eigenvalue weighted by Gasteiger charge is -2.15. The summed E-state index contributed by atoms with van der Waals surface area (Å²) in [6, 6.07) is 0. The summed E-state index contributed by atoms with van der Waals surface area (Å²) in [6.07, 6.45) is 46.0. The molecule has 0 aliphatic carbocycles. The van der Waals surface area contributed by atoms with Crippen molar-refractivity contribution in [3.63, 3.8) is 0 Å². The minimum Gasteiger partial charge on any atom is -0.462 e. The summed E-state index contributed by atoms with van der Waals surface area (Å²) >= 11 is 0. The van der Waals surface area contributed by atoms with E-state index in [-0.39, 0.29) is 25.2 Å². The van der Waals surface area contributed by atoms with Crippen LogP contribution < -0.4 is 0 Å². The molecule has 0 amide bonds. The van der Waals surface area contributed by atoms with Gasteiger partial charge in [-0.25, -0.2) is 0 Å². The number of ether oxygens (including phenoxy) is 2. The van der Waals surface area contributed by atoms with E-state index in [1.165, 1.54) is 89.9 Å². The third kappa shape index (κ3) is 34.7. The number of aliphatic hydroxyl groups excluding tert-OH is 1. The highest BCUT2D eigenvalue weighted by atomic mass is 16.6. The summed E-state index contributed by atoms with van der Waals surface area (Å²) < 4.78 is 10.6. The predicted octanol–water partition coefficient (Wildman–Crippen LogP) is 11.8. The van der Waals surface area contributed by atoms with Crippen LogP contribution in [0.5, 0.6) is 0 Å². The van der Waals surface area contributed by atoms with Crippen molar-refractivity contribution >= 4 is 11.9 Å².